The van der Waals surface area contributed by atoms with Gasteiger partial charge < -0.3 is 16.0 Å². The minimum absolute atomic E-state index is 0.0451. The number of carbonyl (C=O) groups is 2. The summed E-state index contributed by atoms with van der Waals surface area (Å²) in [6.45, 7) is 3.30. The SMILES string of the molecule is CCCCNC(=O)CCCNC(=O)Nc1ccccc1. The predicted molar refractivity (Wildman–Crippen MR) is 80.6 cm³/mol. The molecule has 0 spiro atoms. The average Bonchev–Trinajstić information content (AvgIpc) is 2.45. The normalized spacial score (nSPS) is 9.85. The molecule has 1 aromatic carbocycles. The highest BCUT2D eigenvalue weighted by atomic mass is 16.2. The van der Waals surface area contributed by atoms with Gasteiger partial charge in [0.25, 0.3) is 0 Å². The van der Waals surface area contributed by atoms with E-state index in [2.05, 4.69) is 22.9 Å². The smallest absolute Gasteiger partial charge is 0.319 e. The van der Waals surface area contributed by atoms with Crippen LogP contribution in [0.25, 0.3) is 0 Å². The van der Waals surface area contributed by atoms with Crippen LogP contribution in [0.3, 0.4) is 0 Å². The maximum atomic E-state index is 11.5. The maximum absolute atomic E-state index is 11.5. The summed E-state index contributed by atoms with van der Waals surface area (Å²) in [6.07, 6.45) is 3.15. The first-order valence-electron chi connectivity index (χ1n) is 7.09. The Hall–Kier alpha value is -2.04. The van der Waals surface area contributed by atoms with E-state index in [0.717, 1.165) is 25.1 Å². The molecule has 20 heavy (non-hydrogen) atoms. The zero-order chi connectivity index (χ0) is 14.6. The van der Waals surface area contributed by atoms with Gasteiger partial charge in [0.1, 0.15) is 0 Å². The molecule has 0 aliphatic carbocycles. The molecule has 0 aromatic heterocycles. The number of anilines is 1. The minimum atomic E-state index is -0.248. The minimum Gasteiger partial charge on any atom is -0.356 e. The van der Waals surface area contributed by atoms with Crippen molar-refractivity contribution in [2.45, 2.75) is 32.6 Å². The molecule has 3 N–H and O–H groups in total. The van der Waals surface area contributed by atoms with Crippen LogP contribution in [-0.4, -0.2) is 25.0 Å². The Morgan fingerprint density at radius 3 is 2.40 bits per heavy atom. The first-order chi connectivity index (χ1) is 9.72. The van der Waals surface area contributed by atoms with Crippen molar-refractivity contribution in [3.63, 3.8) is 0 Å². The summed E-state index contributed by atoms with van der Waals surface area (Å²) >= 11 is 0. The second-order valence-corrected chi connectivity index (χ2v) is 4.55. The van der Waals surface area contributed by atoms with Crippen molar-refractivity contribution < 1.29 is 9.59 Å². The number of nitrogens with one attached hydrogen (secondary N) is 3. The van der Waals surface area contributed by atoms with Crippen molar-refractivity contribution in [3.8, 4) is 0 Å². The second-order valence-electron chi connectivity index (χ2n) is 4.55. The summed E-state index contributed by atoms with van der Waals surface area (Å²) in [4.78, 5) is 23.0. The maximum Gasteiger partial charge on any atom is 0.319 e. The summed E-state index contributed by atoms with van der Waals surface area (Å²) in [5.41, 5.74) is 0.752. The van der Waals surface area contributed by atoms with Crippen LogP contribution >= 0.6 is 0 Å². The summed E-state index contributed by atoms with van der Waals surface area (Å²) in [5.74, 6) is 0.0451. The largest absolute Gasteiger partial charge is 0.356 e. The number of hydrogen-bond donors (Lipinski definition) is 3. The number of amides is 3. The van der Waals surface area contributed by atoms with Crippen molar-refractivity contribution in [1.82, 2.24) is 10.6 Å². The van der Waals surface area contributed by atoms with E-state index in [1.165, 1.54) is 0 Å². The van der Waals surface area contributed by atoms with Gasteiger partial charge in [0.15, 0.2) is 0 Å². The van der Waals surface area contributed by atoms with Crippen LogP contribution in [0.1, 0.15) is 32.6 Å². The Bertz CT molecular complexity index is 407. The highest BCUT2D eigenvalue weighted by molar-refractivity contribution is 5.89. The number of urea groups is 1. The van der Waals surface area contributed by atoms with E-state index in [1.54, 1.807) is 0 Å². The Morgan fingerprint density at radius 2 is 1.70 bits per heavy atom. The Morgan fingerprint density at radius 1 is 1.00 bits per heavy atom. The number of unbranched alkanes of at least 4 members (excludes halogenated alkanes) is 1. The van der Waals surface area contributed by atoms with E-state index < -0.39 is 0 Å². The van der Waals surface area contributed by atoms with E-state index in [-0.39, 0.29) is 11.9 Å². The summed E-state index contributed by atoms with van der Waals surface area (Å²) < 4.78 is 0. The first-order valence-corrected chi connectivity index (χ1v) is 7.09. The van der Waals surface area contributed by atoms with Gasteiger partial charge in [0.2, 0.25) is 5.91 Å². The third-order valence-corrected chi connectivity index (χ3v) is 2.75. The van der Waals surface area contributed by atoms with Gasteiger partial charge in [-0.1, -0.05) is 31.5 Å². The van der Waals surface area contributed by atoms with Gasteiger partial charge in [-0.15, -0.1) is 0 Å². The van der Waals surface area contributed by atoms with Gasteiger partial charge in [0, 0.05) is 25.2 Å². The molecular weight excluding hydrogens is 254 g/mol. The fourth-order valence-electron chi connectivity index (χ4n) is 1.64. The highest BCUT2D eigenvalue weighted by Crippen LogP contribution is 2.04. The van der Waals surface area contributed by atoms with Crippen molar-refractivity contribution >= 4 is 17.6 Å². The number of benzene rings is 1. The molecule has 0 bridgehead atoms. The van der Waals surface area contributed by atoms with Gasteiger partial charge in [-0.2, -0.15) is 0 Å². The van der Waals surface area contributed by atoms with Gasteiger partial charge in [-0.05, 0) is 25.0 Å². The predicted octanol–water partition coefficient (Wildman–Crippen LogP) is 2.50. The third-order valence-electron chi connectivity index (χ3n) is 2.75. The second kappa shape index (κ2) is 9.83. The van der Waals surface area contributed by atoms with Gasteiger partial charge in [-0.3, -0.25) is 4.79 Å². The molecular formula is C15H23N3O2. The van der Waals surface area contributed by atoms with Gasteiger partial charge in [-0.25, -0.2) is 4.79 Å². The van der Waals surface area contributed by atoms with Crippen LogP contribution in [0, 0.1) is 0 Å². The number of para-hydroxylation sites is 1. The monoisotopic (exact) mass is 277 g/mol. The molecule has 1 rings (SSSR count). The molecule has 5 nitrogen and oxygen atoms in total. The average molecular weight is 277 g/mol. The van der Waals surface area contributed by atoms with Crippen molar-refractivity contribution in [2.24, 2.45) is 0 Å². The lowest BCUT2D eigenvalue weighted by Crippen LogP contribution is -2.31. The summed E-state index contributed by atoms with van der Waals surface area (Å²) in [6, 6.07) is 9.00. The third kappa shape index (κ3) is 7.41. The van der Waals surface area contributed by atoms with E-state index in [9.17, 15) is 9.59 Å². The molecule has 0 atom stereocenters. The molecule has 0 radical (unpaired) electrons. The standard InChI is InChI=1S/C15H23N3O2/c1-2-3-11-16-14(19)10-7-12-17-15(20)18-13-8-5-4-6-9-13/h4-6,8-9H,2-3,7,10-12H2,1H3,(H,16,19)(H2,17,18,20). The summed E-state index contributed by atoms with van der Waals surface area (Å²) in [5, 5.41) is 8.29. The Labute approximate surface area is 120 Å². The number of carbonyl (C=O) groups excluding carboxylic acids is 2. The highest BCUT2D eigenvalue weighted by Gasteiger charge is 2.02. The van der Waals surface area contributed by atoms with E-state index in [4.69, 9.17) is 0 Å². The van der Waals surface area contributed by atoms with Crippen LogP contribution < -0.4 is 16.0 Å². The van der Waals surface area contributed by atoms with E-state index >= 15 is 0 Å². The Kier molecular flexibility index (Phi) is 7.87. The van der Waals surface area contributed by atoms with Crippen molar-refractivity contribution in [2.75, 3.05) is 18.4 Å². The van der Waals surface area contributed by atoms with E-state index in [0.29, 0.717) is 19.4 Å². The lowest BCUT2D eigenvalue weighted by molar-refractivity contribution is -0.121. The summed E-state index contributed by atoms with van der Waals surface area (Å²) in [7, 11) is 0. The van der Waals surface area contributed by atoms with Gasteiger partial charge in [0.05, 0.1) is 0 Å². The van der Waals surface area contributed by atoms with Crippen LogP contribution in [-0.2, 0) is 4.79 Å². The van der Waals surface area contributed by atoms with Crippen molar-refractivity contribution in [1.29, 1.82) is 0 Å². The number of rotatable bonds is 8. The van der Waals surface area contributed by atoms with Crippen LogP contribution in [0.5, 0.6) is 0 Å². The van der Waals surface area contributed by atoms with Gasteiger partial charge >= 0.3 is 6.03 Å². The fourth-order valence-corrected chi connectivity index (χ4v) is 1.64. The lowest BCUT2D eigenvalue weighted by Gasteiger charge is -2.07. The van der Waals surface area contributed by atoms with Crippen LogP contribution in [0.2, 0.25) is 0 Å². The molecule has 0 fully saturated rings. The molecule has 0 aliphatic heterocycles. The molecule has 0 saturated carbocycles. The Balaban J connectivity index is 2.06. The molecule has 0 aliphatic rings. The fraction of sp³-hybridized carbons (Fsp3) is 0.467. The lowest BCUT2D eigenvalue weighted by atomic mass is 10.3. The molecule has 0 heterocycles. The molecule has 5 heteroatoms. The van der Waals surface area contributed by atoms with Crippen LogP contribution in [0.4, 0.5) is 10.5 Å². The zero-order valence-corrected chi connectivity index (χ0v) is 11.9. The van der Waals surface area contributed by atoms with Crippen LogP contribution in [0.15, 0.2) is 30.3 Å². The molecule has 3 amide bonds. The first kappa shape index (κ1) is 16.0. The van der Waals surface area contributed by atoms with Crippen molar-refractivity contribution in [3.05, 3.63) is 30.3 Å². The quantitative estimate of drug-likeness (QED) is 0.639. The molecule has 0 unspecified atom stereocenters. The topological polar surface area (TPSA) is 70.2 Å². The molecule has 110 valence electrons. The molecule has 0 saturated heterocycles. The molecule has 1 aromatic rings. The number of hydrogen-bond acceptors (Lipinski definition) is 2. The zero-order valence-electron chi connectivity index (χ0n) is 11.9. The van der Waals surface area contributed by atoms with E-state index in [1.807, 2.05) is 30.3 Å².